The molecule has 2 aromatic carbocycles. The number of carbonyl (C=O) groups excluding carboxylic acids is 2. The molecular formula is C28H41N3O5S. The van der Waals surface area contributed by atoms with E-state index < -0.39 is 21.6 Å². The molecule has 204 valence electrons. The molecule has 0 aliphatic heterocycles. The normalized spacial score (nSPS) is 12.5. The number of ether oxygens (including phenoxy) is 1. The quantitative estimate of drug-likeness (QED) is 0.421. The molecule has 1 atom stereocenters. The van der Waals surface area contributed by atoms with Crippen LogP contribution in [0.3, 0.4) is 0 Å². The Morgan fingerprint density at radius 1 is 1.00 bits per heavy atom. The number of hydrogen-bond acceptors (Lipinski definition) is 5. The summed E-state index contributed by atoms with van der Waals surface area (Å²) in [4.78, 5) is 28.2. The van der Waals surface area contributed by atoms with Crippen molar-refractivity contribution < 1.29 is 22.7 Å². The van der Waals surface area contributed by atoms with Crippen molar-refractivity contribution >= 4 is 27.5 Å². The third kappa shape index (κ3) is 9.39. The first-order valence-electron chi connectivity index (χ1n) is 12.6. The second-order valence-corrected chi connectivity index (χ2v) is 12.0. The monoisotopic (exact) mass is 531 g/mol. The molecule has 2 amide bonds. The van der Waals surface area contributed by atoms with E-state index in [1.165, 1.54) is 11.4 Å². The number of benzene rings is 2. The highest BCUT2D eigenvalue weighted by atomic mass is 32.2. The molecule has 0 radical (unpaired) electrons. The lowest BCUT2D eigenvalue weighted by atomic mass is 10.0. The van der Waals surface area contributed by atoms with Gasteiger partial charge in [0.2, 0.25) is 21.8 Å². The highest BCUT2D eigenvalue weighted by Crippen LogP contribution is 2.29. The first kappa shape index (κ1) is 30.2. The van der Waals surface area contributed by atoms with Gasteiger partial charge in [-0.05, 0) is 57.7 Å². The van der Waals surface area contributed by atoms with Gasteiger partial charge in [-0.15, -0.1) is 0 Å². The minimum absolute atomic E-state index is 0.106. The number of para-hydroxylation sites is 2. The Labute approximate surface area is 222 Å². The fourth-order valence-corrected chi connectivity index (χ4v) is 5.14. The third-order valence-electron chi connectivity index (χ3n) is 5.87. The first-order valence-corrected chi connectivity index (χ1v) is 14.5. The molecule has 37 heavy (non-hydrogen) atoms. The number of anilines is 1. The number of sulfonamides is 1. The molecule has 0 aromatic heterocycles. The Bertz CT molecular complexity index is 1130. The fraction of sp³-hybridized carbons (Fsp3) is 0.500. The second-order valence-electron chi connectivity index (χ2n) is 10.1. The van der Waals surface area contributed by atoms with Crippen LogP contribution in [0, 0.1) is 0 Å². The van der Waals surface area contributed by atoms with Gasteiger partial charge in [-0.2, -0.15) is 0 Å². The Balaban J connectivity index is 2.21. The van der Waals surface area contributed by atoms with Crippen LogP contribution in [0.25, 0.3) is 0 Å². The Hall–Kier alpha value is -3.07. The van der Waals surface area contributed by atoms with E-state index in [-0.39, 0.29) is 24.8 Å². The third-order valence-corrected chi connectivity index (χ3v) is 7.05. The van der Waals surface area contributed by atoms with E-state index in [4.69, 9.17) is 4.74 Å². The molecule has 2 rings (SSSR count). The van der Waals surface area contributed by atoms with E-state index in [1.54, 1.807) is 29.2 Å². The number of methoxy groups -OCH3 is 1. The van der Waals surface area contributed by atoms with Crippen molar-refractivity contribution in [3.05, 3.63) is 60.2 Å². The van der Waals surface area contributed by atoms with Crippen LogP contribution in [0.15, 0.2) is 54.6 Å². The van der Waals surface area contributed by atoms with Crippen molar-refractivity contribution in [2.24, 2.45) is 0 Å². The lowest BCUT2D eigenvalue weighted by Gasteiger charge is -2.33. The summed E-state index contributed by atoms with van der Waals surface area (Å²) in [6.45, 7) is 8.12. The van der Waals surface area contributed by atoms with E-state index >= 15 is 0 Å². The van der Waals surface area contributed by atoms with E-state index in [0.29, 0.717) is 37.2 Å². The molecule has 0 aliphatic carbocycles. The van der Waals surface area contributed by atoms with E-state index in [9.17, 15) is 18.0 Å². The van der Waals surface area contributed by atoms with Gasteiger partial charge in [0, 0.05) is 25.0 Å². The summed E-state index contributed by atoms with van der Waals surface area (Å²) < 4.78 is 31.7. The smallest absolute Gasteiger partial charge is 0.243 e. The van der Waals surface area contributed by atoms with Crippen LogP contribution in [0.2, 0.25) is 0 Å². The first-order chi connectivity index (χ1) is 17.4. The molecule has 0 saturated carbocycles. The summed E-state index contributed by atoms with van der Waals surface area (Å²) in [6.07, 6.45) is 2.62. The molecule has 0 unspecified atom stereocenters. The summed E-state index contributed by atoms with van der Waals surface area (Å²) in [7, 11) is -2.12. The number of nitrogens with zero attached hydrogens (tertiary/aromatic N) is 2. The second kappa shape index (κ2) is 13.5. The fourth-order valence-electron chi connectivity index (χ4n) is 4.17. The average Bonchev–Trinajstić information content (AvgIpc) is 2.83. The number of hydrogen-bond donors (Lipinski definition) is 1. The van der Waals surface area contributed by atoms with Gasteiger partial charge in [0.25, 0.3) is 0 Å². The standard InChI is InChI=1S/C28H41N3O5S/c1-7-23(27(33)29-28(2,3)4)30(21-19-22-14-9-8-10-15-22)26(32)18-13-20-31(37(6,34)35)24-16-11-12-17-25(24)36-5/h8-12,14-17,23H,7,13,18-21H2,1-6H3,(H,29,33)/t23-/m1/s1. The van der Waals surface area contributed by atoms with E-state index in [2.05, 4.69) is 5.32 Å². The van der Waals surface area contributed by atoms with Crippen LogP contribution in [0.4, 0.5) is 5.69 Å². The molecule has 8 nitrogen and oxygen atoms in total. The highest BCUT2D eigenvalue weighted by molar-refractivity contribution is 7.92. The molecule has 0 aliphatic rings. The van der Waals surface area contributed by atoms with Crippen molar-refractivity contribution in [2.45, 2.75) is 65.0 Å². The predicted molar refractivity (Wildman–Crippen MR) is 148 cm³/mol. The zero-order valence-electron chi connectivity index (χ0n) is 22.9. The maximum absolute atomic E-state index is 13.5. The molecule has 0 heterocycles. The van der Waals surface area contributed by atoms with Crippen LogP contribution in [0.5, 0.6) is 5.75 Å². The summed E-state index contributed by atoms with van der Waals surface area (Å²) >= 11 is 0. The number of amides is 2. The van der Waals surface area contributed by atoms with Gasteiger partial charge in [-0.1, -0.05) is 49.4 Å². The molecule has 1 N–H and O–H groups in total. The molecule has 0 saturated heterocycles. The summed E-state index contributed by atoms with van der Waals surface area (Å²) in [6, 6.07) is 16.1. The Morgan fingerprint density at radius 2 is 1.62 bits per heavy atom. The van der Waals surface area contributed by atoms with Crippen LogP contribution in [-0.4, -0.2) is 63.2 Å². The van der Waals surface area contributed by atoms with Crippen LogP contribution in [0.1, 0.15) is 52.5 Å². The minimum Gasteiger partial charge on any atom is -0.495 e. The lowest BCUT2D eigenvalue weighted by molar-refractivity contribution is -0.141. The van der Waals surface area contributed by atoms with Crippen molar-refractivity contribution in [2.75, 3.05) is 30.8 Å². The van der Waals surface area contributed by atoms with Crippen molar-refractivity contribution in [3.8, 4) is 5.75 Å². The minimum atomic E-state index is -3.61. The van der Waals surface area contributed by atoms with Gasteiger partial charge in [0.1, 0.15) is 11.8 Å². The SMILES string of the molecule is CC[C@H](C(=O)NC(C)(C)C)N(CCc1ccccc1)C(=O)CCCN(c1ccccc1OC)S(C)(=O)=O. The number of rotatable bonds is 13. The Morgan fingerprint density at radius 3 is 2.19 bits per heavy atom. The highest BCUT2D eigenvalue weighted by Gasteiger charge is 2.30. The number of nitrogens with one attached hydrogen (secondary N) is 1. The van der Waals surface area contributed by atoms with Gasteiger partial charge in [-0.3, -0.25) is 13.9 Å². The van der Waals surface area contributed by atoms with Gasteiger partial charge in [-0.25, -0.2) is 8.42 Å². The van der Waals surface area contributed by atoms with Gasteiger partial charge in [0.05, 0.1) is 19.1 Å². The lowest BCUT2D eigenvalue weighted by Crippen LogP contribution is -2.54. The summed E-state index contributed by atoms with van der Waals surface area (Å²) in [5.41, 5.74) is 1.08. The number of carbonyl (C=O) groups is 2. The molecule has 2 aromatic rings. The van der Waals surface area contributed by atoms with Gasteiger partial charge >= 0.3 is 0 Å². The summed E-state index contributed by atoms with van der Waals surface area (Å²) in [5.74, 6) is 0.0668. The van der Waals surface area contributed by atoms with Crippen molar-refractivity contribution in [1.82, 2.24) is 10.2 Å². The maximum Gasteiger partial charge on any atom is 0.243 e. The van der Waals surface area contributed by atoms with Gasteiger partial charge < -0.3 is 15.0 Å². The maximum atomic E-state index is 13.5. The van der Waals surface area contributed by atoms with Crippen LogP contribution < -0.4 is 14.4 Å². The molecule has 0 spiro atoms. The van der Waals surface area contributed by atoms with Crippen LogP contribution >= 0.6 is 0 Å². The van der Waals surface area contributed by atoms with E-state index in [1.807, 2.05) is 58.0 Å². The molecule has 0 fully saturated rings. The van der Waals surface area contributed by atoms with Crippen molar-refractivity contribution in [3.63, 3.8) is 0 Å². The Kier molecular flexibility index (Phi) is 11.0. The van der Waals surface area contributed by atoms with E-state index in [0.717, 1.165) is 11.8 Å². The zero-order valence-corrected chi connectivity index (χ0v) is 23.7. The largest absolute Gasteiger partial charge is 0.495 e. The molecular weight excluding hydrogens is 490 g/mol. The zero-order chi connectivity index (χ0) is 27.6. The average molecular weight is 532 g/mol. The molecule has 9 heteroatoms. The van der Waals surface area contributed by atoms with Crippen LogP contribution in [-0.2, 0) is 26.0 Å². The van der Waals surface area contributed by atoms with Gasteiger partial charge in [0.15, 0.2) is 0 Å². The predicted octanol–water partition coefficient (Wildman–Crippen LogP) is 4.01. The van der Waals surface area contributed by atoms with Crippen molar-refractivity contribution in [1.29, 1.82) is 0 Å². The molecule has 0 bridgehead atoms. The summed E-state index contributed by atoms with van der Waals surface area (Å²) in [5, 5.41) is 3.00. The topological polar surface area (TPSA) is 96.0 Å².